The highest BCUT2D eigenvalue weighted by Crippen LogP contribution is 2.47. The highest BCUT2D eigenvalue weighted by Gasteiger charge is 2.35. The molecular formula is C20H15ClN2S. The lowest BCUT2D eigenvalue weighted by Gasteiger charge is -2.31. The Balaban J connectivity index is 1.53. The fourth-order valence-corrected chi connectivity index (χ4v) is 5.10. The van der Waals surface area contributed by atoms with Gasteiger partial charge in [-0.25, -0.2) is 0 Å². The van der Waals surface area contributed by atoms with Crippen molar-refractivity contribution in [1.82, 2.24) is 10.6 Å². The number of nitrogens with one attached hydrogen (secondary N) is 2. The van der Waals surface area contributed by atoms with Gasteiger partial charge in [0.1, 0.15) is 11.3 Å². The van der Waals surface area contributed by atoms with E-state index in [4.69, 9.17) is 11.6 Å². The first-order chi connectivity index (χ1) is 11.8. The fraction of sp³-hybridized carbons (Fsp3) is 0.100. The Morgan fingerprint density at radius 3 is 2.58 bits per heavy atom. The first kappa shape index (κ1) is 14.4. The lowest BCUT2D eigenvalue weighted by molar-refractivity contribution is 0.485. The summed E-state index contributed by atoms with van der Waals surface area (Å²) >= 11 is 8.46. The normalized spacial score (nSPS) is 22.2. The van der Waals surface area contributed by atoms with Crippen LogP contribution in [0, 0.1) is 0 Å². The van der Waals surface area contributed by atoms with Gasteiger partial charge in [-0.2, -0.15) is 0 Å². The predicted octanol–water partition coefficient (Wildman–Crippen LogP) is 5.07. The topological polar surface area (TPSA) is 24.1 Å². The molecule has 0 aromatic heterocycles. The Morgan fingerprint density at radius 1 is 0.875 bits per heavy atom. The standard InChI is InChI=1S/C20H15ClN2S/c21-18-17-15-7-3-4-8-16(15)24-20(17)23-19(22-18)14-10-9-12-5-1-2-6-13(12)11-14/h1-11,19-20,22-23H. The minimum Gasteiger partial charge on any atom is -0.356 e. The molecule has 0 bridgehead atoms. The lowest BCUT2D eigenvalue weighted by Crippen LogP contribution is -2.42. The highest BCUT2D eigenvalue weighted by molar-refractivity contribution is 8.00. The van der Waals surface area contributed by atoms with Crippen molar-refractivity contribution in [3.05, 3.63) is 83.0 Å². The molecule has 2 atom stereocenters. The molecule has 2 aliphatic heterocycles. The molecule has 0 amide bonds. The van der Waals surface area contributed by atoms with Crippen LogP contribution >= 0.6 is 23.4 Å². The first-order valence-electron chi connectivity index (χ1n) is 7.96. The second kappa shape index (κ2) is 5.55. The molecule has 2 unspecified atom stereocenters. The minimum absolute atomic E-state index is 0.0117. The second-order valence-corrected chi connectivity index (χ2v) is 7.60. The molecule has 24 heavy (non-hydrogen) atoms. The summed E-state index contributed by atoms with van der Waals surface area (Å²) in [5, 5.41) is 10.5. The number of hydrogen-bond donors (Lipinski definition) is 2. The van der Waals surface area contributed by atoms with E-state index in [0.717, 1.165) is 10.7 Å². The molecule has 0 aliphatic carbocycles. The number of thioether (sulfide) groups is 1. The summed E-state index contributed by atoms with van der Waals surface area (Å²) in [6, 6.07) is 23.4. The average Bonchev–Trinajstić information content (AvgIpc) is 3.00. The van der Waals surface area contributed by atoms with Crippen LogP contribution in [0.15, 0.2) is 76.8 Å². The van der Waals surface area contributed by atoms with Gasteiger partial charge in [-0.1, -0.05) is 66.2 Å². The Bertz CT molecular complexity index is 982. The van der Waals surface area contributed by atoms with Crippen molar-refractivity contribution in [3.63, 3.8) is 0 Å². The van der Waals surface area contributed by atoms with Crippen molar-refractivity contribution in [2.45, 2.75) is 16.4 Å². The van der Waals surface area contributed by atoms with E-state index in [0.29, 0.717) is 0 Å². The molecule has 0 spiro atoms. The molecular weight excluding hydrogens is 336 g/mol. The van der Waals surface area contributed by atoms with Gasteiger partial charge in [-0.3, -0.25) is 5.32 Å². The second-order valence-electron chi connectivity index (χ2n) is 6.07. The van der Waals surface area contributed by atoms with Crippen molar-refractivity contribution < 1.29 is 0 Å². The Hall–Kier alpha value is -1.94. The Morgan fingerprint density at radius 2 is 1.67 bits per heavy atom. The van der Waals surface area contributed by atoms with Crippen molar-refractivity contribution in [2.75, 3.05) is 0 Å². The highest BCUT2D eigenvalue weighted by atomic mass is 35.5. The summed E-state index contributed by atoms with van der Waals surface area (Å²) < 4.78 is 0. The van der Waals surface area contributed by atoms with Gasteiger partial charge in [0.2, 0.25) is 0 Å². The number of hydrogen-bond acceptors (Lipinski definition) is 3. The van der Waals surface area contributed by atoms with Crippen LogP contribution in [0.25, 0.3) is 16.3 Å². The monoisotopic (exact) mass is 350 g/mol. The average molecular weight is 351 g/mol. The van der Waals surface area contributed by atoms with Crippen molar-refractivity contribution in [3.8, 4) is 0 Å². The van der Waals surface area contributed by atoms with Crippen LogP contribution in [0.5, 0.6) is 0 Å². The molecule has 0 saturated carbocycles. The van der Waals surface area contributed by atoms with Crippen LogP contribution < -0.4 is 10.6 Å². The van der Waals surface area contributed by atoms with E-state index >= 15 is 0 Å². The molecule has 0 saturated heterocycles. The zero-order valence-electron chi connectivity index (χ0n) is 12.8. The van der Waals surface area contributed by atoms with Crippen LogP contribution in [0.4, 0.5) is 0 Å². The van der Waals surface area contributed by atoms with Gasteiger partial charge in [-0.15, -0.1) is 11.8 Å². The quantitative estimate of drug-likeness (QED) is 0.599. The van der Waals surface area contributed by atoms with Crippen LogP contribution in [-0.2, 0) is 0 Å². The van der Waals surface area contributed by atoms with Crippen LogP contribution in [-0.4, -0.2) is 5.37 Å². The molecule has 3 aromatic rings. The van der Waals surface area contributed by atoms with E-state index in [9.17, 15) is 0 Å². The van der Waals surface area contributed by atoms with Gasteiger partial charge >= 0.3 is 0 Å². The van der Waals surface area contributed by atoms with Crippen molar-refractivity contribution in [1.29, 1.82) is 0 Å². The van der Waals surface area contributed by atoms with Gasteiger partial charge in [0, 0.05) is 10.5 Å². The maximum atomic E-state index is 6.62. The molecule has 2 aliphatic rings. The van der Waals surface area contributed by atoms with Crippen LogP contribution in [0.3, 0.4) is 0 Å². The largest absolute Gasteiger partial charge is 0.356 e. The molecule has 5 rings (SSSR count). The lowest BCUT2D eigenvalue weighted by atomic mass is 10.0. The molecule has 2 N–H and O–H groups in total. The minimum atomic E-state index is 0.0117. The third-order valence-electron chi connectivity index (χ3n) is 4.62. The SMILES string of the molecule is ClC1=C2c3ccccc3SC2NC(c2ccc3ccccc3c2)N1. The summed E-state index contributed by atoms with van der Waals surface area (Å²) in [4.78, 5) is 1.28. The molecule has 2 nitrogen and oxygen atoms in total. The molecule has 3 aromatic carbocycles. The fourth-order valence-electron chi connectivity index (χ4n) is 3.43. The predicted molar refractivity (Wildman–Crippen MR) is 102 cm³/mol. The molecule has 0 fully saturated rings. The van der Waals surface area contributed by atoms with Crippen LogP contribution in [0.2, 0.25) is 0 Å². The summed E-state index contributed by atoms with van der Waals surface area (Å²) in [5.41, 5.74) is 3.59. The summed E-state index contributed by atoms with van der Waals surface area (Å²) in [6.07, 6.45) is 0.0117. The van der Waals surface area contributed by atoms with E-state index in [1.54, 1.807) is 0 Å². The molecule has 118 valence electrons. The maximum Gasteiger partial charge on any atom is 0.110 e. The number of benzene rings is 3. The van der Waals surface area contributed by atoms with Crippen molar-refractivity contribution in [2.24, 2.45) is 0 Å². The summed E-state index contributed by atoms with van der Waals surface area (Å²) in [7, 11) is 0. The van der Waals surface area contributed by atoms with E-state index < -0.39 is 0 Å². The van der Waals surface area contributed by atoms with Gasteiger partial charge in [-0.05, 0) is 34.0 Å². The zero-order chi connectivity index (χ0) is 16.1. The smallest absolute Gasteiger partial charge is 0.110 e. The molecule has 4 heteroatoms. The molecule has 2 heterocycles. The Labute approximate surface area is 149 Å². The number of halogens is 1. The van der Waals surface area contributed by atoms with E-state index in [1.165, 1.54) is 26.8 Å². The maximum absolute atomic E-state index is 6.62. The zero-order valence-corrected chi connectivity index (χ0v) is 14.4. The van der Waals surface area contributed by atoms with Gasteiger partial charge < -0.3 is 5.32 Å². The van der Waals surface area contributed by atoms with E-state index in [-0.39, 0.29) is 11.5 Å². The number of fused-ring (bicyclic) bond motifs is 4. The van der Waals surface area contributed by atoms with Crippen molar-refractivity contribution >= 4 is 39.7 Å². The summed E-state index contributed by atoms with van der Waals surface area (Å²) in [6.45, 7) is 0. The van der Waals surface area contributed by atoms with Crippen LogP contribution in [0.1, 0.15) is 17.3 Å². The Kier molecular flexibility index (Phi) is 3.33. The molecule has 0 radical (unpaired) electrons. The van der Waals surface area contributed by atoms with Gasteiger partial charge in [0.05, 0.1) is 5.37 Å². The van der Waals surface area contributed by atoms with E-state index in [2.05, 4.69) is 77.4 Å². The summed E-state index contributed by atoms with van der Waals surface area (Å²) in [5.74, 6) is 0. The third-order valence-corrected chi connectivity index (χ3v) is 6.15. The third kappa shape index (κ3) is 2.24. The van der Waals surface area contributed by atoms with Gasteiger partial charge in [0.15, 0.2) is 0 Å². The number of rotatable bonds is 1. The van der Waals surface area contributed by atoms with E-state index in [1.807, 2.05) is 11.8 Å². The van der Waals surface area contributed by atoms with Gasteiger partial charge in [0.25, 0.3) is 0 Å². The first-order valence-corrected chi connectivity index (χ1v) is 9.22.